The Hall–Kier alpha value is -2.14. The molecule has 0 N–H and O–H groups in total. The fourth-order valence-corrected chi connectivity index (χ4v) is 3.53. The number of nitrogens with zero attached hydrogens (tertiary/aromatic N) is 3. The Morgan fingerprint density at radius 1 is 1.29 bits per heavy atom. The van der Waals surface area contributed by atoms with Crippen molar-refractivity contribution in [3.63, 3.8) is 0 Å². The van der Waals surface area contributed by atoms with E-state index < -0.39 is 0 Å². The number of aryl methyl sites for hydroxylation is 3. The summed E-state index contributed by atoms with van der Waals surface area (Å²) in [5.41, 5.74) is 3.01. The van der Waals surface area contributed by atoms with Crippen LogP contribution in [0.25, 0.3) is 10.2 Å². The minimum atomic E-state index is 0.0150. The van der Waals surface area contributed by atoms with Gasteiger partial charge in [0.25, 0.3) is 5.91 Å². The molecule has 0 saturated heterocycles. The lowest BCUT2D eigenvalue weighted by atomic mass is 10.2. The van der Waals surface area contributed by atoms with E-state index in [2.05, 4.69) is 5.10 Å². The fraction of sp³-hybridized carbons (Fsp3) is 0.250. The number of carbonyl (C=O) groups excluding carboxylic acids is 1. The van der Waals surface area contributed by atoms with Gasteiger partial charge < -0.3 is 4.90 Å². The molecule has 0 bridgehead atoms. The number of thiophene rings is 1. The third kappa shape index (κ3) is 2.34. The smallest absolute Gasteiger partial charge is 0.268 e. The van der Waals surface area contributed by atoms with Crippen LogP contribution in [0.15, 0.2) is 30.3 Å². The van der Waals surface area contributed by atoms with Gasteiger partial charge in [-0.2, -0.15) is 5.10 Å². The van der Waals surface area contributed by atoms with Crippen LogP contribution in [0.1, 0.15) is 20.9 Å². The zero-order chi connectivity index (χ0) is 15.1. The fourth-order valence-electron chi connectivity index (χ4n) is 2.43. The van der Waals surface area contributed by atoms with Crippen LogP contribution in [0.4, 0.5) is 5.69 Å². The van der Waals surface area contributed by atoms with Gasteiger partial charge >= 0.3 is 0 Å². The van der Waals surface area contributed by atoms with Gasteiger partial charge in [-0.05, 0) is 37.6 Å². The largest absolute Gasteiger partial charge is 0.311 e. The molecule has 2 heterocycles. The number of rotatable bonds is 2. The Kier molecular flexibility index (Phi) is 3.29. The number of carbonyl (C=O) groups is 1. The molecule has 0 aliphatic carbocycles. The van der Waals surface area contributed by atoms with Gasteiger partial charge in [0.05, 0.1) is 10.6 Å². The zero-order valence-electron chi connectivity index (χ0n) is 12.5. The summed E-state index contributed by atoms with van der Waals surface area (Å²) in [6.07, 6.45) is 0. The Bertz CT molecular complexity index is 797. The van der Waals surface area contributed by atoms with Crippen molar-refractivity contribution in [1.82, 2.24) is 9.78 Å². The van der Waals surface area contributed by atoms with Gasteiger partial charge in [0.15, 0.2) is 0 Å². The molecule has 108 valence electrons. The molecule has 0 atom stereocenters. The van der Waals surface area contributed by atoms with Crippen LogP contribution in [0.3, 0.4) is 0 Å². The molecule has 1 aromatic carbocycles. The van der Waals surface area contributed by atoms with E-state index in [4.69, 9.17) is 0 Å². The molecule has 21 heavy (non-hydrogen) atoms. The summed E-state index contributed by atoms with van der Waals surface area (Å²) in [5, 5.41) is 5.43. The molecule has 0 radical (unpaired) electrons. The summed E-state index contributed by atoms with van der Waals surface area (Å²) in [5.74, 6) is 0.0150. The van der Waals surface area contributed by atoms with Gasteiger partial charge in [-0.3, -0.25) is 9.48 Å². The molecular weight excluding hydrogens is 282 g/mol. The number of benzene rings is 1. The molecular formula is C16H17N3OS. The molecule has 1 amide bonds. The summed E-state index contributed by atoms with van der Waals surface area (Å²) >= 11 is 1.49. The maximum Gasteiger partial charge on any atom is 0.268 e. The molecule has 4 nitrogen and oxygen atoms in total. The van der Waals surface area contributed by atoms with Crippen molar-refractivity contribution in [2.75, 3.05) is 11.9 Å². The van der Waals surface area contributed by atoms with Crippen LogP contribution in [0, 0.1) is 13.8 Å². The van der Waals surface area contributed by atoms with Crippen LogP contribution in [0.5, 0.6) is 0 Å². The molecule has 0 aliphatic heterocycles. The van der Waals surface area contributed by atoms with Crippen molar-refractivity contribution >= 4 is 33.1 Å². The normalized spacial score (nSPS) is 11.0. The van der Waals surface area contributed by atoms with Crippen molar-refractivity contribution in [2.24, 2.45) is 7.05 Å². The Morgan fingerprint density at radius 3 is 2.71 bits per heavy atom. The topological polar surface area (TPSA) is 38.1 Å². The third-order valence-corrected chi connectivity index (χ3v) is 4.79. The van der Waals surface area contributed by atoms with Crippen LogP contribution in [0.2, 0.25) is 0 Å². The minimum absolute atomic E-state index is 0.0150. The maximum atomic E-state index is 12.7. The summed E-state index contributed by atoms with van der Waals surface area (Å²) < 4.78 is 1.83. The first kappa shape index (κ1) is 13.8. The number of anilines is 1. The molecule has 0 unspecified atom stereocenters. The maximum absolute atomic E-state index is 12.7. The van der Waals surface area contributed by atoms with Crippen molar-refractivity contribution in [1.29, 1.82) is 0 Å². The Morgan fingerprint density at radius 2 is 2.05 bits per heavy atom. The predicted octanol–water partition coefficient (Wildman–Crippen LogP) is 3.53. The second-order valence-electron chi connectivity index (χ2n) is 5.24. The number of hydrogen-bond acceptors (Lipinski definition) is 3. The summed E-state index contributed by atoms with van der Waals surface area (Å²) in [6, 6.07) is 9.89. The molecule has 0 saturated carbocycles. The van der Waals surface area contributed by atoms with E-state index in [0.29, 0.717) is 0 Å². The van der Waals surface area contributed by atoms with Crippen molar-refractivity contribution in [3.8, 4) is 0 Å². The SMILES string of the molecule is Cc1cccc(N(C)C(=O)c2cc3c(C)nn(C)c3s2)c1. The van der Waals surface area contributed by atoms with Crippen LogP contribution >= 0.6 is 11.3 Å². The molecule has 0 aliphatic rings. The quantitative estimate of drug-likeness (QED) is 0.726. The lowest BCUT2D eigenvalue weighted by Crippen LogP contribution is -2.25. The molecule has 0 spiro atoms. The van der Waals surface area contributed by atoms with Gasteiger partial charge in [-0.25, -0.2) is 0 Å². The van der Waals surface area contributed by atoms with Crippen LogP contribution in [-0.2, 0) is 7.05 Å². The highest BCUT2D eigenvalue weighted by molar-refractivity contribution is 7.20. The Labute approximate surface area is 127 Å². The third-order valence-electron chi connectivity index (χ3n) is 3.60. The molecule has 5 heteroatoms. The number of hydrogen-bond donors (Lipinski definition) is 0. The van der Waals surface area contributed by atoms with Gasteiger partial charge in [0, 0.05) is 25.2 Å². The predicted molar refractivity (Wildman–Crippen MR) is 87.2 cm³/mol. The van der Waals surface area contributed by atoms with Gasteiger partial charge in [0.1, 0.15) is 4.83 Å². The Balaban J connectivity index is 1.98. The highest BCUT2D eigenvalue weighted by Gasteiger charge is 2.19. The second kappa shape index (κ2) is 5.00. The van der Waals surface area contributed by atoms with E-state index in [1.165, 1.54) is 11.3 Å². The molecule has 0 fully saturated rings. The average molecular weight is 299 g/mol. The second-order valence-corrected chi connectivity index (χ2v) is 6.27. The van der Waals surface area contributed by atoms with Gasteiger partial charge in [-0.15, -0.1) is 11.3 Å². The van der Waals surface area contributed by atoms with E-state index in [1.54, 1.807) is 4.90 Å². The van der Waals surface area contributed by atoms with E-state index in [-0.39, 0.29) is 5.91 Å². The number of amides is 1. The highest BCUT2D eigenvalue weighted by Crippen LogP contribution is 2.29. The number of fused-ring (bicyclic) bond motifs is 1. The van der Waals surface area contributed by atoms with Gasteiger partial charge in [-0.1, -0.05) is 12.1 Å². The average Bonchev–Trinajstić information content (AvgIpc) is 3.00. The lowest BCUT2D eigenvalue weighted by Gasteiger charge is -2.16. The van der Waals surface area contributed by atoms with Crippen LogP contribution < -0.4 is 4.90 Å². The van der Waals surface area contributed by atoms with E-state index in [1.807, 2.05) is 63.0 Å². The minimum Gasteiger partial charge on any atom is -0.311 e. The first-order valence-electron chi connectivity index (χ1n) is 6.75. The van der Waals surface area contributed by atoms with Crippen molar-refractivity contribution in [3.05, 3.63) is 46.5 Å². The summed E-state index contributed by atoms with van der Waals surface area (Å²) in [4.78, 5) is 16.1. The zero-order valence-corrected chi connectivity index (χ0v) is 13.4. The van der Waals surface area contributed by atoms with Gasteiger partial charge in [0.2, 0.25) is 0 Å². The number of aromatic nitrogens is 2. The summed E-state index contributed by atoms with van der Waals surface area (Å²) in [7, 11) is 3.72. The monoisotopic (exact) mass is 299 g/mol. The first-order chi connectivity index (χ1) is 9.97. The van der Waals surface area contributed by atoms with Crippen molar-refractivity contribution in [2.45, 2.75) is 13.8 Å². The summed E-state index contributed by atoms with van der Waals surface area (Å²) in [6.45, 7) is 3.99. The van der Waals surface area contributed by atoms with Crippen LogP contribution in [-0.4, -0.2) is 22.7 Å². The standard InChI is InChI=1S/C16H17N3OS/c1-10-6-5-7-12(8-10)18(3)15(20)14-9-13-11(2)17-19(4)16(13)21-14/h5-9H,1-4H3. The molecule has 2 aromatic heterocycles. The highest BCUT2D eigenvalue weighted by atomic mass is 32.1. The van der Waals surface area contributed by atoms with E-state index in [0.717, 1.165) is 32.0 Å². The molecule has 3 aromatic rings. The van der Waals surface area contributed by atoms with Crippen molar-refractivity contribution < 1.29 is 4.79 Å². The van der Waals surface area contributed by atoms with E-state index in [9.17, 15) is 4.79 Å². The first-order valence-corrected chi connectivity index (χ1v) is 7.57. The van der Waals surface area contributed by atoms with E-state index >= 15 is 0 Å². The lowest BCUT2D eigenvalue weighted by molar-refractivity contribution is 0.0997. The molecule has 3 rings (SSSR count).